The SMILES string of the molecule is O=C(Nc1cccc(F)c1)[C@@H]1CCCN(S(=O)(=O)Cc2ccccc2Cl)C1. The Bertz CT molecular complexity index is 936. The monoisotopic (exact) mass is 410 g/mol. The van der Waals surface area contributed by atoms with E-state index in [-0.39, 0.29) is 18.2 Å². The molecule has 0 radical (unpaired) electrons. The first kappa shape index (κ1) is 19.8. The van der Waals surface area contributed by atoms with Gasteiger partial charge in [0, 0.05) is 23.8 Å². The summed E-state index contributed by atoms with van der Waals surface area (Å²) >= 11 is 6.07. The minimum Gasteiger partial charge on any atom is -0.326 e. The van der Waals surface area contributed by atoms with Gasteiger partial charge in [0.1, 0.15) is 5.82 Å². The topological polar surface area (TPSA) is 66.5 Å². The van der Waals surface area contributed by atoms with Crippen LogP contribution in [0.4, 0.5) is 10.1 Å². The summed E-state index contributed by atoms with van der Waals surface area (Å²) in [6.45, 7) is 0.477. The van der Waals surface area contributed by atoms with E-state index in [4.69, 9.17) is 11.6 Å². The van der Waals surface area contributed by atoms with Crippen LogP contribution in [0.2, 0.25) is 5.02 Å². The highest BCUT2D eigenvalue weighted by Gasteiger charge is 2.32. The third kappa shape index (κ3) is 5.06. The highest BCUT2D eigenvalue weighted by Crippen LogP contribution is 2.25. The predicted octanol–water partition coefficient (Wildman–Crippen LogP) is 3.66. The van der Waals surface area contributed by atoms with Crippen LogP contribution in [-0.2, 0) is 20.6 Å². The molecule has 1 aliphatic rings. The molecule has 3 rings (SSSR count). The lowest BCUT2D eigenvalue weighted by Gasteiger charge is -2.31. The zero-order valence-electron chi connectivity index (χ0n) is 14.6. The largest absolute Gasteiger partial charge is 0.326 e. The molecule has 0 aliphatic carbocycles. The van der Waals surface area contributed by atoms with Gasteiger partial charge >= 0.3 is 0 Å². The van der Waals surface area contributed by atoms with Gasteiger partial charge in [-0.1, -0.05) is 35.9 Å². The van der Waals surface area contributed by atoms with E-state index in [0.717, 1.165) is 0 Å². The maximum atomic E-state index is 13.3. The highest BCUT2D eigenvalue weighted by molar-refractivity contribution is 7.88. The summed E-state index contributed by atoms with van der Waals surface area (Å²) < 4.78 is 40.1. The number of anilines is 1. The number of benzene rings is 2. The maximum Gasteiger partial charge on any atom is 0.228 e. The fourth-order valence-electron chi connectivity index (χ4n) is 3.12. The standard InChI is InChI=1S/C19H20ClFN2O3S/c20-18-9-2-1-5-15(18)13-27(25,26)23-10-4-6-14(12-23)19(24)22-17-8-3-7-16(21)11-17/h1-3,5,7-9,11,14H,4,6,10,12-13H2,(H,22,24)/t14-/m1/s1. The van der Waals surface area contributed by atoms with Gasteiger partial charge in [-0.25, -0.2) is 17.1 Å². The van der Waals surface area contributed by atoms with Crippen LogP contribution in [0.1, 0.15) is 18.4 Å². The number of hydrogen-bond acceptors (Lipinski definition) is 3. The van der Waals surface area contributed by atoms with Gasteiger partial charge in [0.15, 0.2) is 0 Å². The van der Waals surface area contributed by atoms with Crippen molar-refractivity contribution in [2.45, 2.75) is 18.6 Å². The number of nitrogens with one attached hydrogen (secondary N) is 1. The van der Waals surface area contributed by atoms with Crippen molar-refractivity contribution in [1.82, 2.24) is 4.31 Å². The number of carbonyl (C=O) groups excluding carboxylic acids is 1. The Labute approximate surface area is 163 Å². The van der Waals surface area contributed by atoms with Gasteiger partial charge in [0.2, 0.25) is 15.9 Å². The van der Waals surface area contributed by atoms with Crippen LogP contribution in [0.25, 0.3) is 0 Å². The molecule has 1 heterocycles. The molecule has 27 heavy (non-hydrogen) atoms. The smallest absolute Gasteiger partial charge is 0.228 e. The Morgan fingerprint density at radius 3 is 2.74 bits per heavy atom. The van der Waals surface area contributed by atoms with Crippen molar-refractivity contribution in [2.24, 2.45) is 5.92 Å². The molecule has 8 heteroatoms. The molecule has 0 unspecified atom stereocenters. The average molecular weight is 411 g/mol. The van der Waals surface area contributed by atoms with Gasteiger partial charge in [-0.2, -0.15) is 0 Å². The van der Waals surface area contributed by atoms with Crippen molar-refractivity contribution in [3.8, 4) is 0 Å². The van der Waals surface area contributed by atoms with Gasteiger partial charge in [0.25, 0.3) is 0 Å². The summed E-state index contributed by atoms with van der Waals surface area (Å²) in [5.41, 5.74) is 0.890. The Morgan fingerprint density at radius 2 is 2.00 bits per heavy atom. The molecule has 144 valence electrons. The molecule has 0 bridgehead atoms. The van der Waals surface area contributed by atoms with Crippen molar-refractivity contribution < 1.29 is 17.6 Å². The normalized spacial score (nSPS) is 18.2. The second kappa shape index (κ2) is 8.37. The van der Waals surface area contributed by atoms with Crippen molar-refractivity contribution in [3.05, 3.63) is 64.9 Å². The molecule has 1 saturated heterocycles. The molecule has 5 nitrogen and oxygen atoms in total. The molecule has 1 N–H and O–H groups in total. The molecule has 0 spiro atoms. The van der Waals surface area contributed by atoms with Gasteiger partial charge in [-0.05, 0) is 42.7 Å². The first-order valence-corrected chi connectivity index (χ1v) is 10.6. The quantitative estimate of drug-likeness (QED) is 0.818. The van der Waals surface area contributed by atoms with Crippen molar-refractivity contribution in [3.63, 3.8) is 0 Å². The van der Waals surface area contributed by atoms with Crippen LogP contribution in [0.15, 0.2) is 48.5 Å². The molecule has 2 aromatic carbocycles. The number of rotatable bonds is 5. The summed E-state index contributed by atoms with van der Waals surface area (Å²) in [5, 5.41) is 3.06. The third-order valence-corrected chi connectivity index (χ3v) is 6.70. The van der Waals surface area contributed by atoms with Crippen molar-refractivity contribution >= 4 is 33.2 Å². The van der Waals surface area contributed by atoms with Crippen LogP contribution >= 0.6 is 11.6 Å². The second-order valence-electron chi connectivity index (χ2n) is 6.54. The summed E-state index contributed by atoms with van der Waals surface area (Å²) in [6, 6.07) is 12.4. The Morgan fingerprint density at radius 1 is 1.22 bits per heavy atom. The van der Waals surface area contributed by atoms with Crippen LogP contribution in [0.5, 0.6) is 0 Å². The lowest BCUT2D eigenvalue weighted by atomic mass is 9.99. The summed E-state index contributed by atoms with van der Waals surface area (Å²) in [6.07, 6.45) is 1.17. The van der Waals surface area contributed by atoms with Gasteiger partial charge in [-0.3, -0.25) is 4.79 Å². The molecule has 1 atom stereocenters. The highest BCUT2D eigenvalue weighted by atomic mass is 35.5. The third-order valence-electron chi connectivity index (χ3n) is 4.54. The van der Waals surface area contributed by atoms with E-state index in [1.54, 1.807) is 30.3 Å². The zero-order valence-corrected chi connectivity index (χ0v) is 16.1. The maximum absolute atomic E-state index is 13.3. The molecule has 0 saturated carbocycles. The minimum atomic E-state index is -3.60. The molecule has 1 amide bonds. The van der Waals surface area contributed by atoms with E-state index in [0.29, 0.717) is 35.7 Å². The van der Waals surface area contributed by atoms with Gasteiger partial charge < -0.3 is 5.32 Å². The lowest BCUT2D eigenvalue weighted by molar-refractivity contribution is -0.120. The van der Waals surface area contributed by atoms with Gasteiger partial charge in [-0.15, -0.1) is 0 Å². The van der Waals surface area contributed by atoms with E-state index in [9.17, 15) is 17.6 Å². The molecular weight excluding hydrogens is 391 g/mol. The number of amides is 1. The van der Waals surface area contributed by atoms with E-state index < -0.39 is 21.8 Å². The van der Waals surface area contributed by atoms with Gasteiger partial charge in [0.05, 0.1) is 11.7 Å². The number of piperidine rings is 1. The van der Waals surface area contributed by atoms with E-state index in [2.05, 4.69) is 5.32 Å². The number of sulfonamides is 1. The molecule has 0 aromatic heterocycles. The first-order valence-electron chi connectivity index (χ1n) is 8.63. The Hall–Kier alpha value is -1.96. The number of nitrogens with zero attached hydrogens (tertiary/aromatic N) is 1. The fraction of sp³-hybridized carbons (Fsp3) is 0.316. The van der Waals surface area contributed by atoms with E-state index in [1.165, 1.54) is 22.5 Å². The molecular formula is C19H20ClFN2O3S. The number of carbonyl (C=O) groups is 1. The van der Waals surface area contributed by atoms with Crippen molar-refractivity contribution in [2.75, 3.05) is 18.4 Å². The van der Waals surface area contributed by atoms with E-state index in [1.807, 2.05) is 0 Å². The van der Waals surface area contributed by atoms with Crippen LogP contribution < -0.4 is 5.32 Å². The summed E-state index contributed by atoms with van der Waals surface area (Å²) in [4.78, 5) is 12.5. The van der Waals surface area contributed by atoms with E-state index >= 15 is 0 Å². The van der Waals surface area contributed by atoms with Crippen molar-refractivity contribution in [1.29, 1.82) is 0 Å². The second-order valence-corrected chi connectivity index (χ2v) is 8.92. The Kier molecular flexibility index (Phi) is 6.14. The van der Waals surface area contributed by atoms with Crippen LogP contribution in [-0.4, -0.2) is 31.7 Å². The Balaban J connectivity index is 1.68. The summed E-state index contributed by atoms with van der Waals surface area (Å²) in [7, 11) is -3.60. The summed E-state index contributed by atoms with van der Waals surface area (Å²) in [5.74, 6) is -1.44. The predicted molar refractivity (Wildman–Crippen MR) is 103 cm³/mol. The first-order chi connectivity index (χ1) is 12.8. The molecule has 2 aromatic rings. The number of hydrogen-bond donors (Lipinski definition) is 1. The lowest BCUT2D eigenvalue weighted by Crippen LogP contribution is -2.44. The number of halogens is 2. The average Bonchev–Trinajstić information content (AvgIpc) is 2.64. The fourth-order valence-corrected chi connectivity index (χ4v) is 5.05. The zero-order chi connectivity index (χ0) is 19.4. The molecule has 1 fully saturated rings. The minimum absolute atomic E-state index is 0.105. The van der Waals surface area contributed by atoms with Crippen LogP contribution in [0.3, 0.4) is 0 Å². The van der Waals surface area contributed by atoms with Crippen LogP contribution in [0, 0.1) is 11.7 Å². The molecule has 1 aliphatic heterocycles.